The smallest absolute Gasteiger partial charge is 0.265 e. The molecule has 0 saturated carbocycles. The number of hydrogen-bond donors (Lipinski definition) is 1. The second-order valence-corrected chi connectivity index (χ2v) is 8.71. The lowest BCUT2D eigenvalue weighted by Gasteiger charge is -2.07. The fourth-order valence-corrected chi connectivity index (χ4v) is 4.38. The van der Waals surface area contributed by atoms with E-state index in [4.69, 9.17) is 0 Å². The van der Waals surface area contributed by atoms with Gasteiger partial charge in [-0.1, -0.05) is 18.2 Å². The van der Waals surface area contributed by atoms with Crippen LogP contribution in [-0.4, -0.2) is 15.7 Å². The van der Waals surface area contributed by atoms with Crippen molar-refractivity contribution in [3.05, 3.63) is 66.2 Å². The zero-order valence-corrected chi connectivity index (χ0v) is 17.4. The number of hydrogen-bond acceptors (Lipinski definition) is 3. The van der Waals surface area contributed by atoms with Crippen molar-refractivity contribution >= 4 is 54.8 Å². The van der Waals surface area contributed by atoms with Gasteiger partial charge < -0.3 is 5.32 Å². The van der Waals surface area contributed by atoms with E-state index in [-0.39, 0.29) is 11.7 Å². The maximum atomic E-state index is 13.9. The molecule has 0 spiro atoms. The summed E-state index contributed by atoms with van der Waals surface area (Å²) in [5, 5.41) is 7.35. The zero-order chi connectivity index (χ0) is 18.1. The molecule has 2 aromatic heterocycles. The molecule has 0 unspecified atom stereocenters. The van der Waals surface area contributed by atoms with Crippen molar-refractivity contribution in [1.29, 1.82) is 0 Å². The van der Waals surface area contributed by atoms with Crippen LogP contribution in [0.4, 0.5) is 10.1 Å². The monoisotopic (exact) mass is 485 g/mol. The summed E-state index contributed by atoms with van der Waals surface area (Å²) in [6.07, 6.45) is 0. The Hall–Kier alpha value is -1.51. The van der Waals surface area contributed by atoms with Crippen LogP contribution in [0.25, 0.3) is 0 Å². The average molecular weight is 487 g/mol. The van der Waals surface area contributed by atoms with E-state index in [1.165, 1.54) is 17.4 Å². The first kappa shape index (κ1) is 18.3. The van der Waals surface area contributed by atoms with Crippen molar-refractivity contribution in [3.63, 3.8) is 0 Å². The second-order valence-electron chi connectivity index (χ2n) is 5.48. The number of benzene rings is 1. The number of aromatic nitrogens is 2. The Balaban J connectivity index is 1.84. The Morgan fingerprint density at radius 3 is 2.68 bits per heavy atom. The molecule has 3 rings (SSSR count). The quantitative estimate of drug-likeness (QED) is 0.527. The highest BCUT2D eigenvalue weighted by Gasteiger charge is 2.18. The van der Waals surface area contributed by atoms with Crippen molar-refractivity contribution in [3.8, 4) is 0 Å². The van der Waals surface area contributed by atoms with E-state index in [0.29, 0.717) is 28.4 Å². The van der Waals surface area contributed by atoms with E-state index in [0.717, 1.165) is 14.0 Å². The van der Waals surface area contributed by atoms with Gasteiger partial charge in [0.2, 0.25) is 0 Å². The Morgan fingerprint density at radius 2 is 2.04 bits per heavy atom. The number of rotatable bonds is 4. The highest BCUT2D eigenvalue weighted by molar-refractivity contribution is 9.13. The highest BCUT2D eigenvalue weighted by Crippen LogP contribution is 2.33. The largest absolute Gasteiger partial charge is 0.318 e. The van der Waals surface area contributed by atoms with Crippen molar-refractivity contribution in [2.45, 2.75) is 20.4 Å². The third kappa shape index (κ3) is 3.86. The Morgan fingerprint density at radius 1 is 1.32 bits per heavy atom. The molecule has 3 aromatic rings. The molecule has 1 amide bonds. The first-order valence-corrected chi connectivity index (χ1v) is 9.80. The van der Waals surface area contributed by atoms with Gasteiger partial charge in [0.05, 0.1) is 32.3 Å². The lowest BCUT2D eigenvalue weighted by molar-refractivity contribution is 0.103. The summed E-state index contributed by atoms with van der Waals surface area (Å²) in [5.41, 5.74) is 2.68. The minimum absolute atomic E-state index is 0.201. The van der Waals surface area contributed by atoms with Gasteiger partial charge in [0.25, 0.3) is 5.91 Å². The van der Waals surface area contributed by atoms with Gasteiger partial charge in [0, 0.05) is 10.0 Å². The lowest BCUT2D eigenvalue weighted by Crippen LogP contribution is -2.12. The van der Waals surface area contributed by atoms with Gasteiger partial charge in [0.1, 0.15) is 5.82 Å². The summed E-state index contributed by atoms with van der Waals surface area (Å²) in [6, 6.07) is 8.36. The van der Waals surface area contributed by atoms with Crippen LogP contribution in [0.5, 0.6) is 0 Å². The maximum absolute atomic E-state index is 13.9. The molecule has 0 fully saturated rings. The average Bonchev–Trinajstić information content (AvgIpc) is 3.04. The van der Waals surface area contributed by atoms with Crippen molar-refractivity contribution in [1.82, 2.24) is 9.78 Å². The topological polar surface area (TPSA) is 46.9 Å². The molecule has 8 heteroatoms. The summed E-state index contributed by atoms with van der Waals surface area (Å²) in [6.45, 7) is 3.99. The van der Waals surface area contributed by atoms with Crippen LogP contribution < -0.4 is 5.32 Å². The van der Waals surface area contributed by atoms with Gasteiger partial charge >= 0.3 is 0 Å². The number of nitrogens with one attached hydrogen (secondary N) is 1. The minimum Gasteiger partial charge on any atom is -0.318 e. The zero-order valence-electron chi connectivity index (χ0n) is 13.4. The van der Waals surface area contributed by atoms with E-state index < -0.39 is 0 Å². The molecule has 130 valence electrons. The standard InChI is InChI=1S/C17H14Br2FN3OS/c1-9-15(21-17(24)14-7-12(18)16(19)25-14)10(2)23(22-9)8-11-5-3-4-6-13(11)20/h3-7H,8H2,1-2H3,(H,21,24). The SMILES string of the molecule is Cc1nn(Cc2ccccc2F)c(C)c1NC(=O)c1cc(Br)c(Br)s1. The van der Waals surface area contributed by atoms with Crippen LogP contribution in [0.1, 0.15) is 26.6 Å². The lowest BCUT2D eigenvalue weighted by atomic mass is 10.2. The molecule has 0 aliphatic heterocycles. The molecule has 0 aliphatic rings. The predicted octanol–water partition coefficient (Wildman–Crippen LogP) is 5.53. The molecular weight excluding hydrogens is 473 g/mol. The summed E-state index contributed by atoms with van der Waals surface area (Å²) < 4.78 is 17.3. The molecule has 0 saturated heterocycles. The fraction of sp³-hybridized carbons (Fsp3) is 0.176. The molecule has 1 aromatic carbocycles. The van der Waals surface area contributed by atoms with Gasteiger partial charge in [-0.2, -0.15) is 5.10 Å². The van der Waals surface area contributed by atoms with Crippen molar-refractivity contribution < 1.29 is 9.18 Å². The van der Waals surface area contributed by atoms with Gasteiger partial charge in [-0.3, -0.25) is 9.48 Å². The Bertz CT molecular complexity index is 932. The molecular formula is C17H14Br2FN3OS. The number of carbonyl (C=O) groups excluding carboxylic acids is 1. The van der Waals surface area contributed by atoms with Crippen LogP contribution in [0.3, 0.4) is 0 Å². The Kier molecular flexibility index (Phi) is 5.41. The molecule has 1 N–H and O–H groups in total. The summed E-state index contributed by atoms with van der Waals surface area (Å²) in [4.78, 5) is 13.0. The first-order valence-electron chi connectivity index (χ1n) is 7.40. The predicted molar refractivity (Wildman–Crippen MR) is 105 cm³/mol. The van der Waals surface area contributed by atoms with Crippen molar-refractivity contribution in [2.75, 3.05) is 5.32 Å². The van der Waals surface area contributed by atoms with Crippen LogP contribution in [-0.2, 0) is 6.54 Å². The highest BCUT2D eigenvalue weighted by atomic mass is 79.9. The number of anilines is 1. The third-order valence-electron chi connectivity index (χ3n) is 3.77. The first-order chi connectivity index (χ1) is 11.9. The number of amides is 1. The van der Waals surface area contributed by atoms with Crippen LogP contribution in [0.15, 0.2) is 38.6 Å². The Labute approximate surface area is 165 Å². The number of halogens is 3. The van der Waals surface area contributed by atoms with Gasteiger partial charge in [-0.05, 0) is 57.8 Å². The molecule has 4 nitrogen and oxygen atoms in total. The fourth-order valence-electron chi connectivity index (χ4n) is 2.45. The van der Waals surface area contributed by atoms with E-state index in [9.17, 15) is 9.18 Å². The van der Waals surface area contributed by atoms with E-state index >= 15 is 0 Å². The minimum atomic E-state index is -0.270. The molecule has 25 heavy (non-hydrogen) atoms. The number of nitrogens with zero attached hydrogens (tertiary/aromatic N) is 2. The summed E-state index contributed by atoms with van der Waals surface area (Å²) in [7, 11) is 0. The van der Waals surface area contributed by atoms with Crippen LogP contribution in [0.2, 0.25) is 0 Å². The van der Waals surface area contributed by atoms with Gasteiger partial charge in [-0.25, -0.2) is 4.39 Å². The number of thiophene rings is 1. The summed E-state index contributed by atoms with van der Waals surface area (Å²) >= 11 is 8.11. The van der Waals surface area contributed by atoms with E-state index in [1.54, 1.807) is 28.9 Å². The third-order valence-corrected chi connectivity index (χ3v) is 7.02. The number of carbonyl (C=O) groups is 1. The van der Waals surface area contributed by atoms with Gasteiger partial charge in [0.15, 0.2) is 0 Å². The molecule has 0 radical (unpaired) electrons. The van der Waals surface area contributed by atoms with Crippen LogP contribution in [0, 0.1) is 19.7 Å². The van der Waals surface area contributed by atoms with E-state index in [1.807, 2.05) is 13.8 Å². The second kappa shape index (κ2) is 7.39. The van der Waals surface area contributed by atoms with Crippen molar-refractivity contribution in [2.24, 2.45) is 0 Å². The molecule has 0 aliphatic carbocycles. The molecule has 0 bridgehead atoms. The maximum Gasteiger partial charge on any atom is 0.265 e. The van der Waals surface area contributed by atoms with E-state index in [2.05, 4.69) is 42.3 Å². The molecule has 2 heterocycles. The normalized spacial score (nSPS) is 10.9. The van der Waals surface area contributed by atoms with Gasteiger partial charge in [-0.15, -0.1) is 11.3 Å². The van der Waals surface area contributed by atoms with Crippen LogP contribution >= 0.6 is 43.2 Å². The summed E-state index contributed by atoms with van der Waals surface area (Å²) in [5.74, 6) is -0.470. The molecule has 0 atom stereocenters. The number of aryl methyl sites for hydroxylation is 1.